The van der Waals surface area contributed by atoms with Gasteiger partial charge in [-0.1, -0.05) is 4.67 Å². The van der Waals surface area contributed by atoms with Gasteiger partial charge in [0.25, 0.3) is 5.69 Å². The highest BCUT2D eigenvalue weighted by Gasteiger charge is 2.33. The van der Waals surface area contributed by atoms with Crippen molar-refractivity contribution in [2.45, 2.75) is 12.9 Å². The Morgan fingerprint density at radius 1 is 1.43 bits per heavy atom. The van der Waals surface area contributed by atoms with Crippen LogP contribution in [0.3, 0.4) is 0 Å². The fourth-order valence-corrected chi connectivity index (χ4v) is 1.86. The number of esters is 1. The van der Waals surface area contributed by atoms with Gasteiger partial charge in [0.05, 0.1) is 18.1 Å². The maximum atomic E-state index is 11.7. The van der Waals surface area contributed by atoms with Crippen molar-refractivity contribution in [2.24, 2.45) is 0 Å². The minimum absolute atomic E-state index is 0.0949. The first kappa shape index (κ1) is 19.0. The lowest BCUT2D eigenvalue weighted by Gasteiger charge is -2.17. The van der Waals surface area contributed by atoms with Gasteiger partial charge < -0.3 is 19.6 Å². The summed E-state index contributed by atoms with van der Waals surface area (Å²) in [5, 5.41) is 22.0. The van der Waals surface area contributed by atoms with Crippen LogP contribution in [0.1, 0.15) is 6.92 Å². The van der Waals surface area contributed by atoms with Crippen molar-refractivity contribution in [3.63, 3.8) is 0 Å². The van der Waals surface area contributed by atoms with Crippen LogP contribution in [0.4, 0.5) is 5.69 Å². The van der Waals surface area contributed by atoms with Crippen molar-refractivity contribution in [1.82, 2.24) is 5.32 Å². The zero-order chi connectivity index (χ0) is 17.5. The quantitative estimate of drug-likeness (QED) is 0.143. The zero-order valence-corrected chi connectivity index (χ0v) is 12.8. The second-order valence-corrected chi connectivity index (χ2v) is 5.80. The van der Waals surface area contributed by atoms with Crippen molar-refractivity contribution >= 4 is 19.3 Å². The number of carbonyl (C=O) groups is 1. The smallest absolute Gasteiger partial charge is 0.408 e. The van der Waals surface area contributed by atoms with Crippen LogP contribution in [0.15, 0.2) is 24.3 Å². The number of nitrogens with one attached hydrogen (secondary N) is 1. The molecule has 2 atom stereocenters. The highest BCUT2D eigenvalue weighted by atomic mass is 31.2. The van der Waals surface area contributed by atoms with E-state index >= 15 is 0 Å². The Kier molecular flexibility index (Phi) is 7.07. The van der Waals surface area contributed by atoms with E-state index in [2.05, 4.69) is 14.3 Å². The standard InChI is InChI=1S/C11H15N2O9P/c1-2-20-10(14)7-12-11(15)23(18,19)22-21-9-5-3-8(4-6-9)13(16)17/h3-6,11-12,15H,2,7H2,1H3,(H,18,19). The Balaban J connectivity index is 2.52. The predicted molar refractivity (Wildman–Crippen MR) is 75.3 cm³/mol. The number of non-ortho nitro benzene ring substituents is 1. The summed E-state index contributed by atoms with van der Waals surface area (Å²) < 4.78 is 20.5. The van der Waals surface area contributed by atoms with Crippen LogP contribution in [0.25, 0.3) is 0 Å². The van der Waals surface area contributed by atoms with E-state index < -0.39 is 31.0 Å². The molecule has 1 aromatic rings. The lowest BCUT2D eigenvalue weighted by Crippen LogP contribution is -2.34. The number of nitro groups is 1. The van der Waals surface area contributed by atoms with Crippen LogP contribution >= 0.6 is 7.60 Å². The number of carbonyl (C=O) groups excluding carboxylic acids is 1. The Labute approximate surface area is 130 Å². The van der Waals surface area contributed by atoms with Crippen molar-refractivity contribution < 1.29 is 38.6 Å². The van der Waals surface area contributed by atoms with Crippen molar-refractivity contribution in [2.75, 3.05) is 13.2 Å². The second kappa shape index (κ2) is 8.56. The van der Waals surface area contributed by atoms with Crippen molar-refractivity contribution in [3.05, 3.63) is 34.4 Å². The molecule has 0 aliphatic carbocycles. The molecule has 2 unspecified atom stereocenters. The predicted octanol–water partition coefficient (Wildman–Crippen LogP) is 0.519. The first-order valence-electron chi connectivity index (χ1n) is 6.26. The van der Waals surface area contributed by atoms with Crippen LogP contribution < -0.4 is 10.2 Å². The highest BCUT2D eigenvalue weighted by Crippen LogP contribution is 2.45. The van der Waals surface area contributed by atoms with Gasteiger partial charge in [-0.25, -0.2) is 0 Å². The van der Waals surface area contributed by atoms with E-state index in [9.17, 15) is 29.5 Å². The lowest BCUT2D eigenvalue weighted by molar-refractivity contribution is -0.384. The molecule has 0 radical (unpaired) electrons. The average molecular weight is 350 g/mol. The van der Waals surface area contributed by atoms with E-state index in [1.807, 2.05) is 5.32 Å². The SMILES string of the molecule is CCOC(=O)CNC(O)P(=O)(O)OOc1ccc([N+](=O)[O-])cc1. The summed E-state index contributed by atoms with van der Waals surface area (Å²) in [6.07, 6.45) is 0. The number of aliphatic hydroxyl groups is 1. The Hall–Kier alpha value is -2.04. The third kappa shape index (κ3) is 6.30. The zero-order valence-electron chi connectivity index (χ0n) is 11.9. The van der Waals surface area contributed by atoms with Crippen LogP contribution in [-0.2, 0) is 18.8 Å². The average Bonchev–Trinajstić information content (AvgIpc) is 2.51. The minimum Gasteiger partial charge on any atom is -0.465 e. The van der Waals surface area contributed by atoms with Gasteiger partial charge in [0.1, 0.15) is 0 Å². The molecule has 128 valence electrons. The fourth-order valence-electron chi connectivity index (χ4n) is 1.26. The number of nitrogens with zero attached hydrogens (tertiary/aromatic N) is 1. The third-order valence-electron chi connectivity index (χ3n) is 2.33. The number of aliphatic hydroxyl groups excluding tert-OH is 1. The van der Waals surface area contributed by atoms with Crippen LogP contribution in [0, 0.1) is 10.1 Å². The van der Waals surface area contributed by atoms with E-state index in [1.165, 1.54) is 0 Å². The number of benzene rings is 1. The summed E-state index contributed by atoms with van der Waals surface area (Å²) in [6.45, 7) is 1.18. The molecule has 0 fully saturated rings. The monoisotopic (exact) mass is 350 g/mol. The van der Waals surface area contributed by atoms with Crippen LogP contribution in [-0.4, -0.2) is 40.0 Å². The molecule has 0 aliphatic rings. The van der Waals surface area contributed by atoms with E-state index in [4.69, 9.17) is 0 Å². The maximum Gasteiger partial charge on any atom is 0.408 e. The van der Waals surface area contributed by atoms with Gasteiger partial charge in [0.2, 0.25) is 5.97 Å². The summed E-state index contributed by atoms with van der Waals surface area (Å²) in [5.41, 5.74) is -0.208. The van der Waals surface area contributed by atoms with Crippen LogP contribution in [0.5, 0.6) is 5.75 Å². The van der Waals surface area contributed by atoms with E-state index in [0.717, 1.165) is 24.3 Å². The molecule has 1 aromatic carbocycles. The molecule has 12 heteroatoms. The number of hydrogen-bond donors (Lipinski definition) is 3. The normalized spacial score (nSPS) is 14.6. The highest BCUT2D eigenvalue weighted by molar-refractivity contribution is 7.53. The first-order valence-corrected chi connectivity index (χ1v) is 7.91. The molecule has 0 heterocycles. The molecule has 1 rings (SSSR count). The van der Waals surface area contributed by atoms with Gasteiger partial charge in [-0.05, 0) is 19.1 Å². The lowest BCUT2D eigenvalue weighted by atomic mass is 10.3. The molecule has 0 saturated heterocycles. The van der Waals surface area contributed by atoms with Gasteiger partial charge >= 0.3 is 13.6 Å². The summed E-state index contributed by atoms with van der Waals surface area (Å²) >= 11 is 0. The molecule has 0 spiro atoms. The fraction of sp³-hybridized carbons (Fsp3) is 0.364. The molecule has 11 nitrogen and oxygen atoms in total. The molecule has 0 amide bonds. The van der Waals surface area contributed by atoms with Crippen LogP contribution in [0.2, 0.25) is 0 Å². The van der Waals surface area contributed by atoms with Crippen molar-refractivity contribution in [3.8, 4) is 5.75 Å². The second-order valence-electron chi connectivity index (χ2n) is 4.03. The van der Waals surface area contributed by atoms with Gasteiger partial charge in [-0.2, -0.15) is 0 Å². The molecular weight excluding hydrogens is 335 g/mol. The minimum atomic E-state index is -4.67. The molecule has 0 aromatic heterocycles. The van der Waals surface area contributed by atoms with Gasteiger partial charge in [0.15, 0.2) is 5.75 Å². The third-order valence-corrected chi connectivity index (χ3v) is 3.42. The van der Waals surface area contributed by atoms with Gasteiger partial charge in [-0.15, -0.1) is 0 Å². The molecule has 0 bridgehead atoms. The summed E-state index contributed by atoms with van der Waals surface area (Å²) in [5.74, 6) is -2.92. The molecule has 0 saturated carbocycles. The van der Waals surface area contributed by atoms with Gasteiger partial charge in [0, 0.05) is 12.1 Å². The molecule has 23 heavy (non-hydrogen) atoms. The number of nitro benzene ring substituents is 1. The summed E-state index contributed by atoms with van der Waals surface area (Å²) in [6, 6.07) is 4.46. The summed E-state index contributed by atoms with van der Waals surface area (Å²) in [7, 11) is -4.67. The van der Waals surface area contributed by atoms with E-state index in [0.29, 0.717) is 0 Å². The summed E-state index contributed by atoms with van der Waals surface area (Å²) in [4.78, 5) is 34.9. The topological polar surface area (TPSA) is 157 Å². The van der Waals surface area contributed by atoms with Crippen molar-refractivity contribution in [1.29, 1.82) is 0 Å². The maximum absolute atomic E-state index is 11.7. The number of rotatable bonds is 9. The number of ether oxygens (including phenoxy) is 1. The molecule has 3 N–H and O–H groups in total. The number of hydrogen-bond acceptors (Lipinski definition) is 9. The molecule has 0 aliphatic heterocycles. The first-order chi connectivity index (χ1) is 10.8. The van der Waals surface area contributed by atoms with E-state index in [1.54, 1.807) is 6.92 Å². The van der Waals surface area contributed by atoms with Gasteiger partial charge in [-0.3, -0.25) is 24.8 Å². The molecular formula is C11H15N2O9P. The Bertz CT molecular complexity index is 592. The Morgan fingerprint density at radius 3 is 2.57 bits per heavy atom. The van der Waals surface area contributed by atoms with E-state index in [-0.39, 0.29) is 18.0 Å². The largest absolute Gasteiger partial charge is 0.465 e. The Morgan fingerprint density at radius 2 is 2.04 bits per heavy atom.